The van der Waals surface area contributed by atoms with Crippen LogP contribution in [-0.4, -0.2) is 18.0 Å². The van der Waals surface area contributed by atoms with Crippen molar-refractivity contribution in [2.75, 3.05) is 7.11 Å². The molecule has 0 aliphatic heterocycles. The lowest BCUT2D eigenvalue weighted by Crippen LogP contribution is -1.94. The first-order valence-corrected chi connectivity index (χ1v) is 6.26. The highest BCUT2D eigenvalue weighted by atomic mass is 16.5. The Morgan fingerprint density at radius 2 is 1.85 bits per heavy atom. The molecule has 0 spiro atoms. The largest absolute Gasteiger partial charge is 0.507 e. The minimum Gasteiger partial charge on any atom is -0.507 e. The topological polar surface area (TPSA) is 46.5 Å². The minimum atomic E-state index is -0.117. The molecule has 2 aromatic carbocycles. The molecule has 0 atom stereocenters. The van der Waals surface area contributed by atoms with E-state index >= 15 is 0 Å². The third-order valence-corrected chi connectivity index (χ3v) is 2.97. The third kappa shape index (κ3) is 3.26. The van der Waals surface area contributed by atoms with Crippen molar-refractivity contribution in [3.05, 3.63) is 65.2 Å². The van der Waals surface area contributed by atoms with E-state index in [1.807, 2.05) is 19.1 Å². The highest BCUT2D eigenvalue weighted by Crippen LogP contribution is 2.20. The molecule has 0 amide bonds. The average molecular weight is 268 g/mol. The number of carbonyl (C=O) groups is 1. The second-order valence-corrected chi connectivity index (χ2v) is 4.49. The molecular weight excluding hydrogens is 252 g/mol. The van der Waals surface area contributed by atoms with Crippen LogP contribution in [0.5, 0.6) is 11.5 Å². The summed E-state index contributed by atoms with van der Waals surface area (Å²) in [5.74, 6) is 0.754. The van der Waals surface area contributed by atoms with E-state index in [-0.39, 0.29) is 11.5 Å². The Kier molecular flexibility index (Phi) is 4.20. The van der Waals surface area contributed by atoms with Crippen LogP contribution in [0.25, 0.3) is 6.08 Å². The number of hydrogen-bond acceptors (Lipinski definition) is 3. The van der Waals surface area contributed by atoms with Crippen molar-refractivity contribution in [2.45, 2.75) is 6.92 Å². The molecule has 20 heavy (non-hydrogen) atoms. The monoisotopic (exact) mass is 268 g/mol. The smallest absolute Gasteiger partial charge is 0.185 e. The molecule has 2 rings (SSSR count). The van der Waals surface area contributed by atoms with Gasteiger partial charge in [0.05, 0.1) is 7.11 Å². The zero-order chi connectivity index (χ0) is 14.5. The van der Waals surface area contributed by atoms with Gasteiger partial charge >= 0.3 is 0 Å². The van der Waals surface area contributed by atoms with Crippen molar-refractivity contribution >= 4 is 11.9 Å². The van der Waals surface area contributed by atoms with Gasteiger partial charge in [0.25, 0.3) is 0 Å². The number of allylic oxidation sites excluding steroid dienone is 1. The number of phenolic OH excluding ortho intramolecular Hbond substituents is 1. The summed E-state index contributed by atoms with van der Waals surface area (Å²) in [6.07, 6.45) is 3.07. The number of rotatable bonds is 4. The normalized spacial score (nSPS) is 10.7. The molecule has 0 bridgehead atoms. The second-order valence-electron chi connectivity index (χ2n) is 4.49. The lowest BCUT2D eigenvalue weighted by atomic mass is 10.1. The second kappa shape index (κ2) is 6.06. The third-order valence-electron chi connectivity index (χ3n) is 2.97. The average Bonchev–Trinajstić information content (AvgIpc) is 2.48. The molecule has 0 saturated heterocycles. The fourth-order valence-corrected chi connectivity index (χ4v) is 1.82. The number of carbonyl (C=O) groups excluding carboxylic acids is 1. The summed E-state index contributed by atoms with van der Waals surface area (Å²) >= 11 is 0. The van der Waals surface area contributed by atoms with Crippen LogP contribution in [0.2, 0.25) is 0 Å². The van der Waals surface area contributed by atoms with Crippen LogP contribution in [0.15, 0.2) is 48.5 Å². The van der Waals surface area contributed by atoms with Crippen molar-refractivity contribution in [1.29, 1.82) is 0 Å². The summed E-state index contributed by atoms with van der Waals surface area (Å²) < 4.78 is 5.04. The molecule has 0 saturated carbocycles. The first-order chi connectivity index (χ1) is 9.60. The quantitative estimate of drug-likeness (QED) is 0.680. The van der Waals surface area contributed by atoms with Gasteiger partial charge in [0.15, 0.2) is 5.78 Å². The highest BCUT2D eigenvalue weighted by molar-refractivity contribution is 6.07. The molecule has 0 radical (unpaired) electrons. The number of aryl methyl sites for hydroxylation is 1. The van der Waals surface area contributed by atoms with Crippen LogP contribution in [0.3, 0.4) is 0 Å². The van der Waals surface area contributed by atoms with Gasteiger partial charge < -0.3 is 9.84 Å². The molecule has 0 unspecified atom stereocenters. The predicted octanol–water partition coefficient (Wildman–Crippen LogP) is 3.61. The van der Waals surface area contributed by atoms with Crippen LogP contribution < -0.4 is 4.74 Å². The van der Waals surface area contributed by atoms with E-state index in [4.69, 9.17) is 4.74 Å². The number of hydrogen-bond donors (Lipinski definition) is 1. The SMILES string of the molecule is COc1ccc(C(=O)/C=C/c2cc(C)ccc2O)cc1. The molecule has 102 valence electrons. The number of benzene rings is 2. The van der Waals surface area contributed by atoms with Crippen molar-refractivity contribution in [2.24, 2.45) is 0 Å². The summed E-state index contributed by atoms with van der Waals surface area (Å²) in [6.45, 7) is 1.93. The molecule has 1 N–H and O–H groups in total. The van der Waals surface area contributed by atoms with E-state index in [9.17, 15) is 9.90 Å². The summed E-state index contributed by atoms with van der Waals surface area (Å²) in [6, 6.07) is 12.2. The van der Waals surface area contributed by atoms with E-state index in [1.54, 1.807) is 43.5 Å². The molecule has 0 aliphatic carbocycles. The number of ether oxygens (including phenoxy) is 1. The summed E-state index contributed by atoms with van der Waals surface area (Å²) in [5, 5.41) is 9.71. The summed E-state index contributed by atoms with van der Waals surface area (Å²) in [7, 11) is 1.58. The van der Waals surface area contributed by atoms with Crippen LogP contribution >= 0.6 is 0 Å². The van der Waals surface area contributed by atoms with Gasteiger partial charge in [-0.25, -0.2) is 0 Å². The van der Waals surface area contributed by atoms with Gasteiger partial charge in [-0.1, -0.05) is 11.6 Å². The van der Waals surface area contributed by atoms with E-state index < -0.39 is 0 Å². The van der Waals surface area contributed by atoms with Crippen LogP contribution in [0.4, 0.5) is 0 Å². The Hall–Kier alpha value is -2.55. The maximum Gasteiger partial charge on any atom is 0.185 e. The lowest BCUT2D eigenvalue weighted by molar-refractivity contribution is 0.104. The van der Waals surface area contributed by atoms with E-state index in [0.717, 1.165) is 5.56 Å². The van der Waals surface area contributed by atoms with Gasteiger partial charge in [-0.3, -0.25) is 4.79 Å². The van der Waals surface area contributed by atoms with Crippen LogP contribution in [0, 0.1) is 6.92 Å². The minimum absolute atomic E-state index is 0.117. The van der Waals surface area contributed by atoms with Gasteiger partial charge in [0, 0.05) is 11.1 Å². The number of ketones is 1. The van der Waals surface area contributed by atoms with Gasteiger partial charge in [-0.15, -0.1) is 0 Å². The molecule has 0 heterocycles. The Morgan fingerprint density at radius 3 is 2.50 bits per heavy atom. The zero-order valence-electron chi connectivity index (χ0n) is 11.5. The Labute approximate surface area is 118 Å². The standard InChI is InChI=1S/C17H16O3/c1-12-3-9-17(19)14(11-12)6-10-16(18)13-4-7-15(20-2)8-5-13/h3-11,19H,1-2H3/b10-6+. The van der Waals surface area contributed by atoms with Crippen LogP contribution in [-0.2, 0) is 0 Å². The fourth-order valence-electron chi connectivity index (χ4n) is 1.82. The van der Waals surface area contributed by atoms with Crippen molar-refractivity contribution in [1.82, 2.24) is 0 Å². The summed E-state index contributed by atoms with van der Waals surface area (Å²) in [4.78, 5) is 12.0. The number of aromatic hydroxyl groups is 1. The molecule has 0 aromatic heterocycles. The molecule has 3 nitrogen and oxygen atoms in total. The highest BCUT2D eigenvalue weighted by Gasteiger charge is 2.03. The van der Waals surface area contributed by atoms with Crippen molar-refractivity contribution in [3.63, 3.8) is 0 Å². The van der Waals surface area contributed by atoms with Gasteiger partial charge in [0.2, 0.25) is 0 Å². The first kappa shape index (κ1) is 13.9. The maximum atomic E-state index is 12.0. The molecular formula is C17H16O3. The Balaban J connectivity index is 2.17. The zero-order valence-corrected chi connectivity index (χ0v) is 11.5. The van der Waals surface area contributed by atoms with E-state index in [1.165, 1.54) is 6.08 Å². The molecule has 2 aromatic rings. The van der Waals surface area contributed by atoms with E-state index in [2.05, 4.69) is 0 Å². The number of methoxy groups -OCH3 is 1. The van der Waals surface area contributed by atoms with Gasteiger partial charge in [-0.05, 0) is 55.5 Å². The number of phenols is 1. The van der Waals surface area contributed by atoms with Gasteiger partial charge in [0.1, 0.15) is 11.5 Å². The fraction of sp³-hybridized carbons (Fsp3) is 0.118. The Morgan fingerprint density at radius 1 is 1.15 bits per heavy atom. The molecule has 0 aliphatic rings. The van der Waals surface area contributed by atoms with Gasteiger partial charge in [-0.2, -0.15) is 0 Å². The van der Waals surface area contributed by atoms with Crippen LogP contribution in [0.1, 0.15) is 21.5 Å². The van der Waals surface area contributed by atoms with Crippen molar-refractivity contribution in [3.8, 4) is 11.5 Å². The summed E-state index contributed by atoms with van der Waals surface area (Å²) in [5.41, 5.74) is 2.24. The predicted molar refractivity (Wildman–Crippen MR) is 79.2 cm³/mol. The van der Waals surface area contributed by atoms with E-state index in [0.29, 0.717) is 16.9 Å². The maximum absolute atomic E-state index is 12.0. The first-order valence-electron chi connectivity index (χ1n) is 6.26. The molecule has 0 fully saturated rings. The lowest BCUT2D eigenvalue weighted by Gasteiger charge is -2.01. The molecule has 3 heteroatoms. The van der Waals surface area contributed by atoms with Crippen molar-refractivity contribution < 1.29 is 14.6 Å². The Bertz CT molecular complexity index is 640.